The molecule has 0 bridgehead atoms. The molecule has 2 aliphatic rings. The Bertz CT molecular complexity index is 2490. The van der Waals surface area contributed by atoms with E-state index in [-0.39, 0.29) is 5.41 Å². The molecule has 0 spiro atoms. The topological polar surface area (TPSA) is 25.8 Å². The van der Waals surface area contributed by atoms with Crippen LogP contribution in [-0.2, 0) is 5.41 Å². The summed E-state index contributed by atoms with van der Waals surface area (Å²) in [5.74, 6) is 0. The second kappa shape index (κ2) is 7.69. The maximum atomic E-state index is 5.41. The summed E-state index contributed by atoms with van der Waals surface area (Å²) in [7, 11) is 0. The van der Waals surface area contributed by atoms with Gasteiger partial charge in [0.05, 0.1) is 16.9 Å². The van der Waals surface area contributed by atoms with Gasteiger partial charge in [-0.3, -0.25) is 4.98 Å². The number of benzene rings is 6. The molecule has 2 aliphatic carbocycles. The highest BCUT2D eigenvalue weighted by Crippen LogP contribution is 2.61. The Hall–Kier alpha value is -5.34. The van der Waals surface area contributed by atoms with E-state index in [0.717, 1.165) is 22.3 Å². The Morgan fingerprint density at radius 2 is 1.29 bits per heavy atom. The van der Waals surface area contributed by atoms with Gasteiger partial charge < -0.3 is 0 Å². The number of fused-ring (bicyclic) bond motifs is 10. The largest absolute Gasteiger partial charge is 0.256 e. The van der Waals surface area contributed by atoms with Crippen molar-refractivity contribution in [1.29, 1.82) is 0 Å². The van der Waals surface area contributed by atoms with Gasteiger partial charge in [0.2, 0.25) is 0 Å². The van der Waals surface area contributed by atoms with Crippen LogP contribution in [0.3, 0.4) is 0 Å². The van der Waals surface area contributed by atoms with Gasteiger partial charge in [0, 0.05) is 39.1 Å². The normalized spacial score (nSPS) is 16.3. The van der Waals surface area contributed by atoms with E-state index in [1.54, 1.807) is 0 Å². The van der Waals surface area contributed by atoms with Crippen LogP contribution in [0.4, 0.5) is 0 Å². The minimum absolute atomic E-state index is 0.318. The first-order chi connectivity index (χ1) is 20.7. The average molecular weight is 533 g/mol. The summed E-state index contributed by atoms with van der Waals surface area (Å²) in [5.41, 5.74) is 11.9. The van der Waals surface area contributed by atoms with Crippen molar-refractivity contribution in [2.45, 2.75) is 12.3 Å². The highest BCUT2D eigenvalue weighted by atomic mass is 14.7. The Morgan fingerprint density at radius 3 is 2.21 bits per heavy atom. The second-order valence-electron chi connectivity index (χ2n) is 11.9. The summed E-state index contributed by atoms with van der Waals surface area (Å²) in [4.78, 5) is 10.4. The third-order valence-corrected chi connectivity index (χ3v) is 9.85. The molecule has 0 fully saturated rings. The van der Waals surface area contributed by atoms with E-state index in [1.807, 2.05) is 6.20 Å². The Kier molecular flexibility index (Phi) is 4.09. The molecule has 0 saturated heterocycles. The molecule has 2 heteroatoms. The zero-order valence-corrected chi connectivity index (χ0v) is 23.0. The second-order valence-corrected chi connectivity index (χ2v) is 11.9. The van der Waals surface area contributed by atoms with Crippen LogP contribution in [0.5, 0.6) is 0 Å². The lowest BCUT2D eigenvalue weighted by atomic mass is 9.65. The zero-order chi connectivity index (χ0) is 27.6. The standard InChI is InChI=1S/C40H24N2/c1-40-31-15-7-6-13-29(31)39-38(40)37(36-26-12-5-4-9-23(26)17-20-33(36)42-39)30-19-18-27(28-14-8-16-32(40)35(28)30)34-21-24-10-2-3-11-25(24)22-41-34/h2-22H,1H3. The van der Waals surface area contributed by atoms with Gasteiger partial charge in [-0.15, -0.1) is 0 Å². The molecule has 42 heavy (non-hydrogen) atoms. The predicted octanol–water partition coefficient (Wildman–Crippen LogP) is 10.1. The molecule has 0 saturated carbocycles. The fourth-order valence-corrected chi connectivity index (χ4v) is 8.01. The molecule has 0 N–H and O–H groups in total. The fraction of sp³-hybridized carbons (Fsp3) is 0.0500. The first-order valence-corrected chi connectivity index (χ1v) is 14.6. The van der Waals surface area contributed by atoms with E-state index in [4.69, 9.17) is 9.97 Å². The molecule has 1 unspecified atom stereocenters. The smallest absolute Gasteiger partial charge is 0.0763 e. The molecular formula is C40H24N2. The Balaban J connectivity index is 1.41. The van der Waals surface area contributed by atoms with Crippen LogP contribution in [0.25, 0.3) is 76.9 Å². The molecule has 0 amide bonds. The molecule has 2 aromatic heterocycles. The number of hydrogen-bond donors (Lipinski definition) is 0. The van der Waals surface area contributed by atoms with Crippen molar-refractivity contribution in [2.24, 2.45) is 0 Å². The van der Waals surface area contributed by atoms with Crippen LogP contribution in [0.1, 0.15) is 23.6 Å². The van der Waals surface area contributed by atoms with E-state index >= 15 is 0 Å². The molecule has 0 aliphatic heterocycles. The van der Waals surface area contributed by atoms with Gasteiger partial charge in [-0.2, -0.15) is 0 Å². The lowest BCUT2D eigenvalue weighted by Gasteiger charge is -2.36. The first kappa shape index (κ1) is 22.4. The third kappa shape index (κ3) is 2.61. The van der Waals surface area contributed by atoms with Crippen LogP contribution in [0, 0.1) is 0 Å². The molecular weight excluding hydrogens is 508 g/mol. The first-order valence-electron chi connectivity index (χ1n) is 14.6. The molecule has 2 heterocycles. The van der Waals surface area contributed by atoms with Crippen LogP contribution in [0.2, 0.25) is 0 Å². The van der Waals surface area contributed by atoms with Gasteiger partial charge in [-0.1, -0.05) is 109 Å². The summed E-state index contributed by atoms with van der Waals surface area (Å²) < 4.78 is 0. The molecule has 0 radical (unpaired) electrons. The summed E-state index contributed by atoms with van der Waals surface area (Å²) in [6.07, 6.45) is 2.00. The number of nitrogens with zero attached hydrogens (tertiary/aromatic N) is 2. The number of hydrogen-bond acceptors (Lipinski definition) is 2. The number of pyridine rings is 2. The fourth-order valence-electron chi connectivity index (χ4n) is 8.01. The van der Waals surface area contributed by atoms with Gasteiger partial charge in [0.25, 0.3) is 0 Å². The highest BCUT2D eigenvalue weighted by molar-refractivity contribution is 6.22. The van der Waals surface area contributed by atoms with Gasteiger partial charge in [0.15, 0.2) is 0 Å². The summed E-state index contributed by atoms with van der Waals surface area (Å²) in [6.45, 7) is 2.42. The third-order valence-electron chi connectivity index (χ3n) is 9.85. The minimum Gasteiger partial charge on any atom is -0.256 e. The quantitative estimate of drug-likeness (QED) is 0.197. The Morgan fingerprint density at radius 1 is 0.548 bits per heavy atom. The molecule has 8 aromatic rings. The van der Waals surface area contributed by atoms with Crippen LogP contribution >= 0.6 is 0 Å². The molecule has 2 nitrogen and oxygen atoms in total. The van der Waals surface area contributed by atoms with E-state index in [0.29, 0.717) is 0 Å². The van der Waals surface area contributed by atoms with E-state index in [9.17, 15) is 0 Å². The highest BCUT2D eigenvalue weighted by Gasteiger charge is 2.48. The van der Waals surface area contributed by atoms with Crippen molar-refractivity contribution in [2.75, 3.05) is 0 Å². The van der Waals surface area contributed by atoms with Gasteiger partial charge in [0.1, 0.15) is 0 Å². The van der Waals surface area contributed by atoms with E-state index < -0.39 is 0 Å². The maximum Gasteiger partial charge on any atom is 0.0763 e. The molecule has 6 aromatic carbocycles. The summed E-state index contributed by atoms with van der Waals surface area (Å²) in [5, 5.41) is 8.68. The monoisotopic (exact) mass is 532 g/mol. The SMILES string of the molecule is CC12c3ccccc3-c3nc4ccc5ccccc5c4c(c31)-c1ccc(-c3cc4ccccc4cn3)c3cccc2c13. The lowest BCUT2D eigenvalue weighted by Crippen LogP contribution is -2.26. The Labute approximate surface area is 242 Å². The molecule has 1 atom stereocenters. The number of rotatable bonds is 1. The van der Waals surface area contributed by atoms with Crippen LogP contribution < -0.4 is 0 Å². The number of aromatic nitrogens is 2. The van der Waals surface area contributed by atoms with Gasteiger partial charge in [-0.25, -0.2) is 4.98 Å². The summed E-state index contributed by atoms with van der Waals surface area (Å²) in [6, 6.07) is 44.2. The van der Waals surface area contributed by atoms with Crippen molar-refractivity contribution in [3.8, 4) is 33.6 Å². The maximum absolute atomic E-state index is 5.41. The van der Waals surface area contributed by atoms with Crippen molar-refractivity contribution in [3.05, 3.63) is 144 Å². The van der Waals surface area contributed by atoms with Crippen molar-refractivity contribution in [1.82, 2.24) is 9.97 Å². The van der Waals surface area contributed by atoms with Crippen LogP contribution in [0.15, 0.2) is 128 Å². The van der Waals surface area contributed by atoms with Crippen molar-refractivity contribution in [3.63, 3.8) is 0 Å². The molecule has 194 valence electrons. The van der Waals surface area contributed by atoms with E-state index in [2.05, 4.69) is 128 Å². The molecule has 10 rings (SSSR count). The lowest BCUT2D eigenvalue weighted by molar-refractivity contribution is 0.718. The van der Waals surface area contributed by atoms with E-state index in [1.165, 1.54) is 71.3 Å². The van der Waals surface area contributed by atoms with Gasteiger partial charge in [-0.05, 0) is 68.2 Å². The van der Waals surface area contributed by atoms with Crippen molar-refractivity contribution < 1.29 is 0 Å². The van der Waals surface area contributed by atoms with Gasteiger partial charge >= 0.3 is 0 Å². The van der Waals surface area contributed by atoms with Crippen LogP contribution in [-0.4, -0.2) is 9.97 Å². The minimum atomic E-state index is -0.318. The average Bonchev–Trinajstić information content (AvgIpc) is 3.31. The predicted molar refractivity (Wildman–Crippen MR) is 174 cm³/mol. The zero-order valence-electron chi connectivity index (χ0n) is 23.0. The van der Waals surface area contributed by atoms with Crippen molar-refractivity contribution >= 4 is 43.2 Å². The summed E-state index contributed by atoms with van der Waals surface area (Å²) >= 11 is 0.